The Morgan fingerprint density at radius 2 is 2.55 bits per heavy atom. The molecule has 0 aromatic heterocycles. The molecule has 1 atom stereocenters. The maximum atomic E-state index is 3.72. The van der Waals surface area contributed by atoms with Crippen LogP contribution in [-0.4, -0.2) is 37.6 Å². The van der Waals surface area contributed by atoms with Crippen molar-refractivity contribution in [3.63, 3.8) is 0 Å². The van der Waals surface area contributed by atoms with Gasteiger partial charge in [0.25, 0.3) is 0 Å². The summed E-state index contributed by atoms with van der Waals surface area (Å²) in [6.07, 6.45) is 4.41. The van der Waals surface area contributed by atoms with E-state index in [1.165, 1.54) is 26.1 Å². The summed E-state index contributed by atoms with van der Waals surface area (Å²) in [5, 5.41) is 3.30. The van der Waals surface area contributed by atoms with Crippen molar-refractivity contribution in [2.45, 2.75) is 18.9 Å². The fourth-order valence-corrected chi connectivity index (χ4v) is 1.55. The molecule has 0 radical (unpaired) electrons. The number of likely N-dealkylation sites (N-methyl/N-ethyl adjacent to an activating group) is 1. The second-order valence-corrected chi connectivity index (χ2v) is 3.15. The topological polar surface area (TPSA) is 15.3 Å². The summed E-state index contributed by atoms with van der Waals surface area (Å²) in [6, 6.07) is 0.722. The van der Waals surface area contributed by atoms with E-state index in [2.05, 4.69) is 16.8 Å². The van der Waals surface area contributed by atoms with Crippen LogP contribution >= 0.6 is 0 Å². The Kier molecular flexibility index (Phi) is 3.60. The van der Waals surface area contributed by atoms with Gasteiger partial charge in [0.15, 0.2) is 0 Å². The minimum Gasteiger partial charge on any atom is -0.316 e. The van der Waals surface area contributed by atoms with E-state index < -0.39 is 0 Å². The monoisotopic (exact) mass is 154 g/mol. The van der Waals surface area contributed by atoms with E-state index in [1.54, 1.807) is 0 Å². The van der Waals surface area contributed by atoms with Crippen molar-refractivity contribution >= 4 is 0 Å². The van der Waals surface area contributed by atoms with E-state index in [4.69, 9.17) is 0 Å². The minimum atomic E-state index is 0.722. The fraction of sp³-hybridized carbons (Fsp3) is 0.778. The molecule has 1 unspecified atom stereocenters. The predicted octanol–water partition coefficient (Wildman–Crippen LogP) is 0.856. The van der Waals surface area contributed by atoms with E-state index in [9.17, 15) is 0 Å². The molecule has 0 aromatic rings. The number of nitrogens with one attached hydrogen (secondary N) is 1. The highest BCUT2D eigenvalue weighted by molar-refractivity contribution is 4.81. The average molecular weight is 154 g/mol. The van der Waals surface area contributed by atoms with Crippen molar-refractivity contribution in [3.05, 3.63) is 12.7 Å². The molecule has 64 valence electrons. The zero-order chi connectivity index (χ0) is 8.10. The van der Waals surface area contributed by atoms with Crippen molar-refractivity contribution in [3.8, 4) is 0 Å². The molecule has 0 aliphatic carbocycles. The molecule has 1 fully saturated rings. The lowest BCUT2D eigenvalue weighted by molar-refractivity contribution is 0.337. The quantitative estimate of drug-likeness (QED) is 0.604. The molecular formula is C9H18N2. The molecule has 1 N–H and O–H groups in total. The third-order valence-electron chi connectivity index (χ3n) is 2.33. The second kappa shape index (κ2) is 4.52. The molecule has 0 saturated carbocycles. The number of nitrogens with zero attached hydrogens (tertiary/aromatic N) is 1. The van der Waals surface area contributed by atoms with Crippen LogP contribution in [0.25, 0.3) is 0 Å². The van der Waals surface area contributed by atoms with Crippen LogP contribution in [0.4, 0.5) is 0 Å². The second-order valence-electron chi connectivity index (χ2n) is 3.15. The lowest BCUT2D eigenvalue weighted by atomic mass is 10.3. The smallest absolute Gasteiger partial charge is 0.0204 e. The number of hydrogen-bond acceptors (Lipinski definition) is 2. The van der Waals surface area contributed by atoms with Crippen LogP contribution in [0.5, 0.6) is 0 Å². The van der Waals surface area contributed by atoms with Gasteiger partial charge in [-0.25, -0.2) is 0 Å². The van der Waals surface area contributed by atoms with Gasteiger partial charge in [0, 0.05) is 19.1 Å². The number of likely N-dealkylation sites (tertiary alicyclic amines) is 1. The highest BCUT2D eigenvalue weighted by Crippen LogP contribution is 2.08. The molecule has 0 amide bonds. The molecule has 2 nitrogen and oxygen atoms in total. The first kappa shape index (κ1) is 8.75. The summed E-state index contributed by atoms with van der Waals surface area (Å²) in [7, 11) is 2.04. The molecule has 1 heterocycles. The van der Waals surface area contributed by atoms with Crippen LogP contribution in [0.3, 0.4) is 0 Å². The Balaban J connectivity index is 2.13. The van der Waals surface area contributed by atoms with Crippen molar-refractivity contribution in [1.29, 1.82) is 0 Å². The Labute approximate surface area is 69.3 Å². The van der Waals surface area contributed by atoms with Gasteiger partial charge in [-0.2, -0.15) is 0 Å². The van der Waals surface area contributed by atoms with Gasteiger partial charge >= 0.3 is 0 Å². The maximum Gasteiger partial charge on any atom is 0.0204 e. The number of hydrogen-bond donors (Lipinski definition) is 1. The molecule has 1 aliphatic rings. The van der Waals surface area contributed by atoms with Gasteiger partial charge < -0.3 is 10.2 Å². The lowest BCUT2D eigenvalue weighted by Gasteiger charge is -2.13. The molecule has 11 heavy (non-hydrogen) atoms. The van der Waals surface area contributed by atoms with Crippen LogP contribution < -0.4 is 5.32 Å². The molecule has 1 saturated heterocycles. The number of rotatable bonds is 4. The van der Waals surface area contributed by atoms with Crippen molar-refractivity contribution in [1.82, 2.24) is 10.2 Å². The first-order valence-corrected chi connectivity index (χ1v) is 4.37. The van der Waals surface area contributed by atoms with Gasteiger partial charge in [0.2, 0.25) is 0 Å². The van der Waals surface area contributed by atoms with Crippen LogP contribution in [-0.2, 0) is 0 Å². The Bertz CT molecular complexity index is 123. The summed E-state index contributed by atoms with van der Waals surface area (Å²) < 4.78 is 0. The van der Waals surface area contributed by atoms with Crippen molar-refractivity contribution < 1.29 is 0 Å². The standard InChI is InChI=1S/C9H18N2/c1-3-4-6-11-7-5-9(8-11)10-2/h3,9-10H,1,4-8H2,2H3. The molecule has 1 aliphatic heterocycles. The van der Waals surface area contributed by atoms with E-state index in [0.29, 0.717) is 0 Å². The molecule has 1 rings (SSSR count). The Morgan fingerprint density at radius 3 is 3.09 bits per heavy atom. The van der Waals surface area contributed by atoms with Crippen LogP contribution in [0, 0.1) is 0 Å². The SMILES string of the molecule is C=CCCN1CCC(NC)C1. The van der Waals surface area contributed by atoms with Crippen LogP contribution in [0.1, 0.15) is 12.8 Å². The lowest BCUT2D eigenvalue weighted by Crippen LogP contribution is -2.29. The van der Waals surface area contributed by atoms with Crippen LogP contribution in [0.2, 0.25) is 0 Å². The molecular weight excluding hydrogens is 136 g/mol. The summed E-state index contributed by atoms with van der Waals surface area (Å²) >= 11 is 0. The highest BCUT2D eigenvalue weighted by Gasteiger charge is 2.19. The van der Waals surface area contributed by atoms with Gasteiger partial charge in [-0.1, -0.05) is 6.08 Å². The maximum absolute atomic E-state index is 3.72. The Morgan fingerprint density at radius 1 is 1.73 bits per heavy atom. The van der Waals surface area contributed by atoms with Crippen molar-refractivity contribution in [2.24, 2.45) is 0 Å². The molecule has 0 aromatic carbocycles. The van der Waals surface area contributed by atoms with Gasteiger partial charge in [-0.15, -0.1) is 6.58 Å². The fourth-order valence-electron chi connectivity index (χ4n) is 1.55. The van der Waals surface area contributed by atoms with E-state index in [0.717, 1.165) is 12.5 Å². The third kappa shape index (κ3) is 2.64. The summed E-state index contributed by atoms with van der Waals surface area (Å²) in [5.74, 6) is 0. The first-order valence-electron chi connectivity index (χ1n) is 4.37. The zero-order valence-electron chi connectivity index (χ0n) is 7.34. The van der Waals surface area contributed by atoms with Gasteiger partial charge in [-0.3, -0.25) is 0 Å². The largest absolute Gasteiger partial charge is 0.316 e. The van der Waals surface area contributed by atoms with Crippen LogP contribution in [0.15, 0.2) is 12.7 Å². The van der Waals surface area contributed by atoms with E-state index >= 15 is 0 Å². The molecule has 0 bridgehead atoms. The zero-order valence-corrected chi connectivity index (χ0v) is 7.34. The Hall–Kier alpha value is -0.340. The molecule has 2 heteroatoms. The molecule has 0 spiro atoms. The van der Waals surface area contributed by atoms with E-state index in [-0.39, 0.29) is 0 Å². The van der Waals surface area contributed by atoms with Gasteiger partial charge in [0.1, 0.15) is 0 Å². The first-order chi connectivity index (χ1) is 5.36. The van der Waals surface area contributed by atoms with Gasteiger partial charge in [-0.05, 0) is 26.4 Å². The summed E-state index contributed by atoms with van der Waals surface area (Å²) in [6.45, 7) is 7.36. The summed E-state index contributed by atoms with van der Waals surface area (Å²) in [4.78, 5) is 2.49. The average Bonchev–Trinajstić information content (AvgIpc) is 2.48. The van der Waals surface area contributed by atoms with Crippen molar-refractivity contribution in [2.75, 3.05) is 26.7 Å². The van der Waals surface area contributed by atoms with E-state index in [1.807, 2.05) is 13.1 Å². The highest BCUT2D eigenvalue weighted by atomic mass is 15.2. The predicted molar refractivity (Wildman–Crippen MR) is 48.7 cm³/mol. The van der Waals surface area contributed by atoms with Gasteiger partial charge in [0.05, 0.1) is 0 Å². The summed E-state index contributed by atoms with van der Waals surface area (Å²) in [5.41, 5.74) is 0. The minimum absolute atomic E-state index is 0.722. The third-order valence-corrected chi connectivity index (χ3v) is 2.33. The normalized spacial score (nSPS) is 25.7.